The fourth-order valence-electron chi connectivity index (χ4n) is 4.99. The standard InChI is InChI=1S/C22H16N2O5/c25-20(12-5-6-14-15(9-12)29-10-28-14)19-17-16(21(26)23-22(17)27)18-13-4-2-1-3-11(13)7-8-24(18)19/h1-9,16-19H,10H2,(H,23,26,27)/t16-,17+,18+,19-/m0/s1. The number of fused-ring (bicyclic) bond motifs is 6. The summed E-state index contributed by atoms with van der Waals surface area (Å²) in [5.74, 6) is -1.16. The number of carbonyl (C=O) groups is 3. The Morgan fingerprint density at radius 2 is 1.79 bits per heavy atom. The van der Waals surface area contributed by atoms with Crippen molar-refractivity contribution in [2.75, 3.05) is 6.79 Å². The van der Waals surface area contributed by atoms with Gasteiger partial charge < -0.3 is 14.4 Å². The molecule has 4 aliphatic rings. The normalized spacial score (nSPS) is 28.1. The molecule has 4 aliphatic heterocycles. The van der Waals surface area contributed by atoms with Gasteiger partial charge in [-0.3, -0.25) is 19.7 Å². The van der Waals surface area contributed by atoms with Crippen LogP contribution in [0.3, 0.4) is 0 Å². The summed E-state index contributed by atoms with van der Waals surface area (Å²) >= 11 is 0. The molecule has 0 radical (unpaired) electrons. The van der Waals surface area contributed by atoms with Crippen LogP contribution in [-0.2, 0) is 9.59 Å². The van der Waals surface area contributed by atoms with Crippen LogP contribution in [0.15, 0.2) is 48.7 Å². The fraction of sp³-hybridized carbons (Fsp3) is 0.227. The monoisotopic (exact) mass is 388 g/mol. The van der Waals surface area contributed by atoms with Gasteiger partial charge in [-0.25, -0.2) is 0 Å². The number of ketones is 1. The Morgan fingerprint density at radius 1 is 1.00 bits per heavy atom. The Morgan fingerprint density at radius 3 is 2.69 bits per heavy atom. The van der Waals surface area contributed by atoms with E-state index in [2.05, 4.69) is 5.32 Å². The maximum absolute atomic E-state index is 13.5. The van der Waals surface area contributed by atoms with E-state index in [1.165, 1.54) is 0 Å². The lowest BCUT2D eigenvalue weighted by Gasteiger charge is -2.34. The number of benzene rings is 2. The third-order valence-electron chi connectivity index (χ3n) is 6.23. The highest BCUT2D eigenvalue weighted by Crippen LogP contribution is 2.51. The average Bonchev–Trinajstić information content (AvgIpc) is 3.41. The molecule has 4 heterocycles. The van der Waals surface area contributed by atoms with E-state index < -0.39 is 17.9 Å². The number of Topliss-reactive ketones (excluding diaryl/α,β-unsaturated/α-hetero) is 1. The van der Waals surface area contributed by atoms with Crippen LogP contribution in [0.1, 0.15) is 27.5 Å². The van der Waals surface area contributed by atoms with Crippen molar-refractivity contribution in [1.29, 1.82) is 0 Å². The molecule has 0 aliphatic carbocycles. The van der Waals surface area contributed by atoms with Crippen LogP contribution in [0.2, 0.25) is 0 Å². The molecule has 2 fully saturated rings. The van der Waals surface area contributed by atoms with Gasteiger partial charge in [0.25, 0.3) is 0 Å². The van der Waals surface area contributed by atoms with E-state index >= 15 is 0 Å². The summed E-state index contributed by atoms with van der Waals surface area (Å²) in [6, 6.07) is 11.7. The molecule has 7 nitrogen and oxygen atoms in total. The Balaban J connectivity index is 1.47. The summed E-state index contributed by atoms with van der Waals surface area (Å²) in [4.78, 5) is 40.8. The predicted octanol–water partition coefficient (Wildman–Crippen LogP) is 1.90. The molecule has 2 saturated heterocycles. The summed E-state index contributed by atoms with van der Waals surface area (Å²) in [7, 11) is 0. The minimum Gasteiger partial charge on any atom is -0.454 e. The van der Waals surface area contributed by atoms with Crippen molar-refractivity contribution < 1.29 is 23.9 Å². The van der Waals surface area contributed by atoms with Crippen LogP contribution in [-0.4, -0.2) is 35.3 Å². The summed E-state index contributed by atoms with van der Waals surface area (Å²) in [5, 5.41) is 2.44. The molecule has 0 bridgehead atoms. The zero-order valence-electron chi connectivity index (χ0n) is 15.2. The Labute approximate surface area is 165 Å². The van der Waals surface area contributed by atoms with Crippen molar-refractivity contribution in [1.82, 2.24) is 10.2 Å². The Kier molecular flexibility index (Phi) is 3.21. The van der Waals surface area contributed by atoms with E-state index in [0.29, 0.717) is 17.1 Å². The first kappa shape index (κ1) is 16.4. The number of rotatable bonds is 2. The maximum Gasteiger partial charge on any atom is 0.233 e. The lowest BCUT2D eigenvalue weighted by molar-refractivity contribution is -0.127. The smallest absolute Gasteiger partial charge is 0.233 e. The van der Waals surface area contributed by atoms with Crippen LogP contribution in [0.25, 0.3) is 6.08 Å². The highest BCUT2D eigenvalue weighted by molar-refractivity contribution is 6.12. The maximum atomic E-state index is 13.5. The number of carbonyl (C=O) groups excluding carboxylic acids is 3. The lowest BCUT2D eigenvalue weighted by atomic mass is 9.83. The summed E-state index contributed by atoms with van der Waals surface area (Å²) in [6.45, 7) is 0.117. The van der Waals surface area contributed by atoms with Crippen LogP contribution in [0.4, 0.5) is 0 Å². The first-order valence-electron chi connectivity index (χ1n) is 9.46. The second-order valence-electron chi connectivity index (χ2n) is 7.62. The van der Waals surface area contributed by atoms with Gasteiger partial charge in [-0.05, 0) is 35.4 Å². The number of imide groups is 1. The van der Waals surface area contributed by atoms with E-state index in [4.69, 9.17) is 9.47 Å². The van der Waals surface area contributed by atoms with Crippen LogP contribution in [0, 0.1) is 11.8 Å². The molecule has 2 amide bonds. The number of hydrogen-bond donors (Lipinski definition) is 1. The average molecular weight is 388 g/mol. The Hall–Kier alpha value is -3.61. The van der Waals surface area contributed by atoms with E-state index in [1.54, 1.807) is 18.2 Å². The highest BCUT2D eigenvalue weighted by Gasteiger charge is 2.61. The van der Waals surface area contributed by atoms with E-state index in [9.17, 15) is 14.4 Å². The fourth-order valence-corrected chi connectivity index (χ4v) is 4.99. The molecule has 1 N–H and O–H groups in total. The minimum absolute atomic E-state index is 0.117. The molecule has 0 aromatic heterocycles. The van der Waals surface area contributed by atoms with Crippen molar-refractivity contribution >= 4 is 23.7 Å². The molecule has 0 spiro atoms. The number of amides is 2. The number of ether oxygens (including phenoxy) is 2. The molecule has 6 rings (SSSR count). The first-order valence-corrected chi connectivity index (χ1v) is 9.46. The quantitative estimate of drug-likeness (QED) is 0.625. The van der Waals surface area contributed by atoms with Gasteiger partial charge in [0.2, 0.25) is 18.6 Å². The third kappa shape index (κ3) is 2.15. The molecule has 0 saturated carbocycles. The largest absolute Gasteiger partial charge is 0.454 e. The van der Waals surface area contributed by atoms with Gasteiger partial charge in [-0.2, -0.15) is 0 Å². The second-order valence-corrected chi connectivity index (χ2v) is 7.62. The summed E-state index contributed by atoms with van der Waals surface area (Å²) < 4.78 is 10.7. The molecule has 4 atom stereocenters. The van der Waals surface area contributed by atoms with Crippen molar-refractivity contribution in [3.8, 4) is 11.5 Å². The van der Waals surface area contributed by atoms with Gasteiger partial charge in [0.05, 0.1) is 17.9 Å². The van der Waals surface area contributed by atoms with Gasteiger partial charge in [0.1, 0.15) is 6.04 Å². The van der Waals surface area contributed by atoms with Crippen molar-refractivity contribution in [2.24, 2.45) is 11.8 Å². The predicted molar refractivity (Wildman–Crippen MR) is 101 cm³/mol. The summed E-state index contributed by atoms with van der Waals surface area (Å²) in [6.07, 6.45) is 3.76. The SMILES string of the molecule is O=C1NC(=O)[C@H]2[C@@H]1[C@@H](C(=O)c1ccc3c(c1)OCO3)N1C=Cc3ccccc3[C@H]21. The van der Waals surface area contributed by atoms with E-state index in [1.807, 2.05) is 41.4 Å². The van der Waals surface area contributed by atoms with Gasteiger partial charge in [0, 0.05) is 11.8 Å². The number of nitrogens with zero attached hydrogens (tertiary/aromatic N) is 1. The third-order valence-corrected chi connectivity index (χ3v) is 6.23. The topological polar surface area (TPSA) is 84.9 Å². The van der Waals surface area contributed by atoms with Crippen molar-refractivity contribution in [3.05, 3.63) is 65.4 Å². The summed E-state index contributed by atoms with van der Waals surface area (Å²) in [5.41, 5.74) is 2.38. The highest BCUT2D eigenvalue weighted by atomic mass is 16.7. The number of hydrogen-bond acceptors (Lipinski definition) is 6. The van der Waals surface area contributed by atoms with E-state index in [0.717, 1.165) is 11.1 Å². The van der Waals surface area contributed by atoms with Crippen molar-refractivity contribution in [3.63, 3.8) is 0 Å². The lowest BCUT2D eigenvalue weighted by Crippen LogP contribution is -2.42. The zero-order chi connectivity index (χ0) is 19.7. The minimum atomic E-state index is -0.763. The molecule has 144 valence electrons. The van der Waals surface area contributed by atoms with Gasteiger partial charge in [-0.1, -0.05) is 24.3 Å². The van der Waals surface area contributed by atoms with E-state index in [-0.39, 0.29) is 30.4 Å². The van der Waals surface area contributed by atoms with Gasteiger partial charge in [0.15, 0.2) is 17.3 Å². The second kappa shape index (κ2) is 5.70. The molecule has 2 aromatic carbocycles. The van der Waals surface area contributed by atoms with Crippen molar-refractivity contribution in [2.45, 2.75) is 12.1 Å². The first-order chi connectivity index (χ1) is 14.1. The molecule has 0 unspecified atom stereocenters. The molecule has 29 heavy (non-hydrogen) atoms. The number of nitrogens with one attached hydrogen (secondary N) is 1. The molecular weight excluding hydrogens is 372 g/mol. The Bertz CT molecular complexity index is 1120. The van der Waals surface area contributed by atoms with Crippen LogP contribution < -0.4 is 14.8 Å². The van der Waals surface area contributed by atoms with Crippen LogP contribution in [0.5, 0.6) is 11.5 Å². The molecule has 2 aromatic rings. The van der Waals surface area contributed by atoms with Gasteiger partial charge in [-0.15, -0.1) is 0 Å². The molecule has 7 heteroatoms. The molecular formula is C22H16N2O5. The zero-order valence-corrected chi connectivity index (χ0v) is 15.2. The van der Waals surface area contributed by atoms with Crippen LogP contribution >= 0.6 is 0 Å². The van der Waals surface area contributed by atoms with Gasteiger partial charge >= 0.3 is 0 Å².